The molecule has 2 heteroatoms. The standard InChI is InChI=1S/C19H25NO/c1-15(20-14-16-9-7-8-12-18(16)21)13-19(2,3)17-10-5-4-6-11-17/h4-12,15,20-21H,13-14H2,1-3H3. The molecule has 1 atom stereocenters. The molecular formula is C19H25NO. The van der Waals surface area contributed by atoms with Crippen LogP contribution in [0.5, 0.6) is 5.75 Å². The lowest BCUT2D eigenvalue weighted by Gasteiger charge is -2.29. The molecule has 0 fully saturated rings. The lowest BCUT2D eigenvalue weighted by molar-refractivity contribution is 0.384. The molecule has 1 unspecified atom stereocenters. The number of phenolic OH excluding ortho intramolecular Hbond substituents is 1. The number of para-hydroxylation sites is 1. The molecular weight excluding hydrogens is 258 g/mol. The third kappa shape index (κ3) is 4.33. The van der Waals surface area contributed by atoms with E-state index in [1.54, 1.807) is 6.07 Å². The minimum Gasteiger partial charge on any atom is -0.508 e. The molecule has 0 saturated heterocycles. The molecule has 0 aromatic heterocycles. The summed E-state index contributed by atoms with van der Waals surface area (Å²) in [5.41, 5.74) is 2.44. The van der Waals surface area contributed by atoms with Crippen molar-refractivity contribution in [3.63, 3.8) is 0 Å². The maximum atomic E-state index is 9.79. The van der Waals surface area contributed by atoms with Crippen LogP contribution < -0.4 is 5.32 Å². The highest BCUT2D eigenvalue weighted by Crippen LogP contribution is 2.28. The van der Waals surface area contributed by atoms with Crippen molar-refractivity contribution < 1.29 is 5.11 Å². The van der Waals surface area contributed by atoms with Gasteiger partial charge < -0.3 is 10.4 Å². The second-order valence-corrected chi connectivity index (χ2v) is 6.36. The Morgan fingerprint density at radius 3 is 2.29 bits per heavy atom. The van der Waals surface area contributed by atoms with Crippen molar-refractivity contribution in [1.82, 2.24) is 5.32 Å². The van der Waals surface area contributed by atoms with Gasteiger partial charge in [0.15, 0.2) is 0 Å². The lowest BCUT2D eigenvalue weighted by atomic mass is 9.79. The summed E-state index contributed by atoms with van der Waals surface area (Å²) in [6, 6.07) is 18.5. The van der Waals surface area contributed by atoms with Crippen molar-refractivity contribution >= 4 is 0 Å². The van der Waals surface area contributed by atoms with Gasteiger partial charge in [-0.1, -0.05) is 62.4 Å². The molecule has 0 aliphatic heterocycles. The van der Waals surface area contributed by atoms with E-state index >= 15 is 0 Å². The van der Waals surface area contributed by atoms with E-state index in [2.05, 4.69) is 56.4 Å². The van der Waals surface area contributed by atoms with Crippen molar-refractivity contribution in [2.45, 2.75) is 45.2 Å². The van der Waals surface area contributed by atoms with Crippen LogP contribution in [-0.4, -0.2) is 11.1 Å². The van der Waals surface area contributed by atoms with Gasteiger partial charge in [-0.3, -0.25) is 0 Å². The van der Waals surface area contributed by atoms with Crippen LogP contribution in [0.3, 0.4) is 0 Å². The number of phenols is 1. The average Bonchev–Trinajstić information content (AvgIpc) is 2.47. The molecule has 2 nitrogen and oxygen atoms in total. The minimum atomic E-state index is 0.131. The number of benzene rings is 2. The number of rotatable bonds is 6. The highest BCUT2D eigenvalue weighted by atomic mass is 16.3. The molecule has 2 aromatic rings. The summed E-state index contributed by atoms with van der Waals surface area (Å²) in [6.45, 7) is 7.45. The number of nitrogens with one attached hydrogen (secondary N) is 1. The first-order chi connectivity index (χ1) is 9.99. The molecule has 2 rings (SSSR count). The lowest BCUT2D eigenvalue weighted by Crippen LogP contribution is -2.32. The highest BCUT2D eigenvalue weighted by molar-refractivity contribution is 5.31. The Balaban J connectivity index is 1.93. The van der Waals surface area contributed by atoms with Gasteiger partial charge in [-0.2, -0.15) is 0 Å². The third-order valence-corrected chi connectivity index (χ3v) is 4.00. The van der Waals surface area contributed by atoms with Gasteiger partial charge in [-0.25, -0.2) is 0 Å². The van der Waals surface area contributed by atoms with Crippen LogP contribution in [0.25, 0.3) is 0 Å². The van der Waals surface area contributed by atoms with Crippen molar-refractivity contribution in [3.05, 3.63) is 65.7 Å². The quantitative estimate of drug-likeness (QED) is 0.831. The van der Waals surface area contributed by atoms with Crippen LogP contribution in [0.15, 0.2) is 54.6 Å². The SMILES string of the molecule is CC(CC(C)(C)c1ccccc1)NCc1ccccc1O. The van der Waals surface area contributed by atoms with Crippen LogP contribution in [0.1, 0.15) is 38.3 Å². The van der Waals surface area contributed by atoms with Crippen molar-refractivity contribution in [1.29, 1.82) is 0 Å². The minimum absolute atomic E-state index is 0.131. The molecule has 0 aliphatic carbocycles. The summed E-state index contributed by atoms with van der Waals surface area (Å²) in [5.74, 6) is 0.361. The molecule has 21 heavy (non-hydrogen) atoms. The van der Waals surface area contributed by atoms with Crippen LogP contribution in [0.2, 0.25) is 0 Å². The summed E-state index contributed by atoms with van der Waals surface area (Å²) in [7, 11) is 0. The average molecular weight is 283 g/mol. The molecule has 0 spiro atoms. The fraction of sp³-hybridized carbons (Fsp3) is 0.368. The predicted octanol–water partition coefficient (Wildman–Crippen LogP) is 4.24. The largest absolute Gasteiger partial charge is 0.508 e. The Morgan fingerprint density at radius 2 is 1.62 bits per heavy atom. The Bertz CT molecular complexity index is 563. The fourth-order valence-corrected chi connectivity index (χ4v) is 2.79. The van der Waals surface area contributed by atoms with E-state index in [9.17, 15) is 5.11 Å². The predicted molar refractivity (Wildman–Crippen MR) is 88.5 cm³/mol. The van der Waals surface area contributed by atoms with E-state index < -0.39 is 0 Å². The summed E-state index contributed by atoms with van der Waals surface area (Å²) in [5, 5.41) is 13.3. The molecule has 0 bridgehead atoms. The van der Waals surface area contributed by atoms with Crippen molar-refractivity contribution in [2.24, 2.45) is 0 Å². The summed E-state index contributed by atoms with van der Waals surface area (Å²) in [6.07, 6.45) is 1.05. The topological polar surface area (TPSA) is 32.3 Å². The van der Waals surface area contributed by atoms with Crippen molar-refractivity contribution in [3.8, 4) is 5.75 Å². The van der Waals surface area contributed by atoms with Crippen LogP contribution in [0, 0.1) is 0 Å². The normalized spacial score (nSPS) is 13.1. The van der Waals surface area contributed by atoms with Gasteiger partial charge in [0.05, 0.1) is 0 Å². The monoisotopic (exact) mass is 283 g/mol. The van der Waals surface area contributed by atoms with Gasteiger partial charge in [-0.15, -0.1) is 0 Å². The Labute approximate surface area is 127 Å². The first-order valence-electron chi connectivity index (χ1n) is 7.55. The van der Waals surface area contributed by atoms with Crippen LogP contribution >= 0.6 is 0 Å². The van der Waals surface area contributed by atoms with E-state index in [1.165, 1.54) is 5.56 Å². The van der Waals surface area contributed by atoms with Crippen LogP contribution in [0.4, 0.5) is 0 Å². The van der Waals surface area contributed by atoms with E-state index in [0.717, 1.165) is 12.0 Å². The second-order valence-electron chi connectivity index (χ2n) is 6.36. The van der Waals surface area contributed by atoms with E-state index in [0.29, 0.717) is 18.3 Å². The molecule has 2 aromatic carbocycles. The van der Waals surface area contributed by atoms with E-state index in [-0.39, 0.29) is 5.41 Å². The highest BCUT2D eigenvalue weighted by Gasteiger charge is 2.22. The van der Waals surface area contributed by atoms with E-state index in [1.807, 2.05) is 18.2 Å². The third-order valence-electron chi connectivity index (χ3n) is 4.00. The molecule has 112 valence electrons. The number of hydrogen-bond acceptors (Lipinski definition) is 2. The maximum absolute atomic E-state index is 9.79. The van der Waals surface area contributed by atoms with Crippen LogP contribution in [-0.2, 0) is 12.0 Å². The molecule has 0 heterocycles. The Hall–Kier alpha value is -1.80. The molecule has 0 saturated carbocycles. The van der Waals surface area contributed by atoms with Gasteiger partial charge in [0.2, 0.25) is 0 Å². The number of hydrogen-bond donors (Lipinski definition) is 2. The smallest absolute Gasteiger partial charge is 0.120 e. The van der Waals surface area contributed by atoms with Gasteiger partial charge in [0.1, 0.15) is 5.75 Å². The summed E-state index contributed by atoms with van der Waals surface area (Å²) < 4.78 is 0. The zero-order chi connectivity index (χ0) is 15.3. The van der Waals surface area contributed by atoms with Gasteiger partial charge >= 0.3 is 0 Å². The van der Waals surface area contributed by atoms with Gasteiger partial charge in [-0.05, 0) is 30.4 Å². The first kappa shape index (κ1) is 15.6. The van der Waals surface area contributed by atoms with Crippen molar-refractivity contribution in [2.75, 3.05) is 0 Å². The Morgan fingerprint density at radius 1 is 1.00 bits per heavy atom. The van der Waals surface area contributed by atoms with E-state index in [4.69, 9.17) is 0 Å². The zero-order valence-corrected chi connectivity index (χ0v) is 13.1. The fourth-order valence-electron chi connectivity index (χ4n) is 2.79. The maximum Gasteiger partial charge on any atom is 0.120 e. The molecule has 0 radical (unpaired) electrons. The molecule has 0 aliphatic rings. The summed E-state index contributed by atoms with van der Waals surface area (Å²) >= 11 is 0. The zero-order valence-electron chi connectivity index (χ0n) is 13.1. The summed E-state index contributed by atoms with van der Waals surface area (Å²) in [4.78, 5) is 0. The second kappa shape index (κ2) is 6.77. The molecule has 0 amide bonds. The van der Waals surface area contributed by atoms with Gasteiger partial charge in [0, 0.05) is 18.2 Å². The number of aromatic hydroxyl groups is 1. The first-order valence-corrected chi connectivity index (χ1v) is 7.55. The Kier molecular flexibility index (Phi) is 5.03. The van der Waals surface area contributed by atoms with Gasteiger partial charge in [0.25, 0.3) is 0 Å². The molecule has 2 N–H and O–H groups in total.